The number of carbonyl (C=O) groups excluding carboxylic acids is 2. The van der Waals surface area contributed by atoms with Gasteiger partial charge in [0.05, 0.1) is 24.1 Å². The maximum Gasteiger partial charge on any atom is 0.325 e. The number of aromatic nitrogens is 3. The van der Waals surface area contributed by atoms with Crippen molar-refractivity contribution in [2.75, 3.05) is 11.1 Å². The van der Waals surface area contributed by atoms with E-state index in [4.69, 9.17) is 4.42 Å². The van der Waals surface area contributed by atoms with E-state index in [0.29, 0.717) is 23.2 Å². The van der Waals surface area contributed by atoms with E-state index in [2.05, 4.69) is 20.8 Å². The topological polar surface area (TPSA) is 102 Å². The molecule has 2 aromatic heterocycles. The largest absolute Gasteiger partial charge is 0.469 e. The Labute approximate surface area is 201 Å². The van der Waals surface area contributed by atoms with Crippen LogP contribution in [0.2, 0.25) is 0 Å². The number of carbonyl (C=O) groups is 2. The zero-order valence-corrected chi connectivity index (χ0v) is 20.0. The number of hydrogen-bond donors (Lipinski definition) is 2. The molecule has 0 atom stereocenters. The van der Waals surface area contributed by atoms with Crippen molar-refractivity contribution in [2.24, 2.45) is 0 Å². The first kappa shape index (κ1) is 23.3. The van der Waals surface area contributed by atoms with Gasteiger partial charge in [0.2, 0.25) is 5.91 Å². The molecule has 0 aliphatic rings. The molecule has 0 aliphatic heterocycles. The molecule has 0 fully saturated rings. The second-order valence-electron chi connectivity index (χ2n) is 7.81. The van der Waals surface area contributed by atoms with Gasteiger partial charge in [-0.15, -0.1) is 10.2 Å². The molecule has 0 bridgehead atoms. The third-order valence-electron chi connectivity index (χ3n) is 5.44. The number of imide groups is 1. The van der Waals surface area contributed by atoms with E-state index in [1.807, 2.05) is 73.9 Å². The van der Waals surface area contributed by atoms with Crippen LogP contribution >= 0.6 is 11.8 Å². The Hall–Kier alpha value is -3.85. The number of rotatable bonds is 7. The molecule has 2 aromatic carbocycles. The normalized spacial score (nSPS) is 10.8. The fourth-order valence-corrected chi connectivity index (χ4v) is 4.19. The van der Waals surface area contributed by atoms with Gasteiger partial charge in [0.25, 0.3) is 0 Å². The molecule has 9 heteroatoms. The average molecular weight is 476 g/mol. The molecular formula is C25H25N5O3S. The molecule has 3 amide bonds. The molecular weight excluding hydrogens is 450 g/mol. The van der Waals surface area contributed by atoms with Gasteiger partial charge in [-0.25, -0.2) is 4.79 Å². The lowest BCUT2D eigenvalue weighted by Gasteiger charge is -2.11. The van der Waals surface area contributed by atoms with Gasteiger partial charge in [-0.05, 0) is 49.6 Å². The van der Waals surface area contributed by atoms with Crippen LogP contribution in [-0.2, 0) is 11.3 Å². The molecule has 0 spiro atoms. The molecule has 8 nitrogen and oxygen atoms in total. The van der Waals surface area contributed by atoms with E-state index in [-0.39, 0.29) is 5.75 Å². The van der Waals surface area contributed by atoms with Gasteiger partial charge in [0.15, 0.2) is 11.0 Å². The van der Waals surface area contributed by atoms with E-state index in [9.17, 15) is 9.59 Å². The minimum absolute atomic E-state index is 0.0114. The fraction of sp³-hybridized carbons (Fsp3) is 0.200. The van der Waals surface area contributed by atoms with Crippen LogP contribution in [-0.4, -0.2) is 32.5 Å². The third kappa shape index (κ3) is 5.37. The van der Waals surface area contributed by atoms with E-state index in [1.54, 1.807) is 12.3 Å². The molecule has 0 saturated carbocycles. The SMILES string of the molecule is Cc1cccc(NC(=O)NC(=O)CSc2nnc(-c3ccoc3C)n2Cc2ccccc2)c1C. The molecule has 0 unspecified atom stereocenters. The summed E-state index contributed by atoms with van der Waals surface area (Å²) in [6, 6.07) is 16.8. The van der Waals surface area contributed by atoms with Crippen molar-refractivity contribution in [2.45, 2.75) is 32.5 Å². The first-order valence-electron chi connectivity index (χ1n) is 10.7. The Morgan fingerprint density at radius 3 is 2.53 bits per heavy atom. The number of hydrogen-bond acceptors (Lipinski definition) is 6. The molecule has 0 aliphatic carbocycles. The Balaban J connectivity index is 1.45. The van der Waals surface area contributed by atoms with Crippen LogP contribution in [0.15, 0.2) is 70.4 Å². The van der Waals surface area contributed by atoms with Crippen molar-refractivity contribution < 1.29 is 14.0 Å². The summed E-state index contributed by atoms with van der Waals surface area (Å²) in [5, 5.41) is 14.3. The summed E-state index contributed by atoms with van der Waals surface area (Å²) in [5.74, 6) is 0.977. The van der Waals surface area contributed by atoms with Gasteiger partial charge in [-0.1, -0.05) is 54.2 Å². The minimum atomic E-state index is -0.570. The quantitative estimate of drug-likeness (QED) is 0.367. The van der Waals surface area contributed by atoms with Crippen molar-refractivity contribution in [1.82, 2.24) is 20.1 Å². The number of nitrogens with zero attached hydrogens (tertiary/aromatic N) is 3. The summed E-state index contributed by atoms with van der Waals surface area (Å²) in [4.78, 5) is 24.8. The molecule has 2 N–H and O–H groups in total. The van der Waals surface area contributed by atoms with Crippen molar-refractivity contribution in [3.63, 3.8) is 0 Å². The number of amides is 3. The molecule has 34 heavy (non-hydrogen) atoms. The lowest BCUT2D eigenvalue weighted by atomic mass is 10.1. The number of furan rings is 1. The summed E-state index contributed by atoms with van der Waals surface area (Å²) in [6.45, 7) is 6.28. The Kier molecular flexibility index (Phi) is 7.12. The molecule has 4 rings (SSSR count). The number of urea groups is 1. The lowest BCUT2D eigenvalue weighted by molar-refractivity contribution is -0.117. The van der Waals surface area contributed by atoms with Crippen LogP contribution in [0.3, 0.4) is 0 Å². The van der Waals surface area contributed by atoms with Gasteiger partial charge >= 0.3 is 6.03 Å². The highest BCUT2D eigenvalue weighted by atomic mass is 32.2. The zero-order valence-electron chi connectivity index (χ0n) is 19.2. The van der Waals surface area contributed by atoms with Crippen LogP contribution in [0.4, 0.5) is 10.5 Å². The van der Waals surface area contributed by atoms with Crippen LogP contribution in [0, 0.1) is 20.8 Å². The second kappa shape index (κ2) is 10.4. The standard InChI is InChI=1S/C25H25N5O3S/c1-16-8-7-11-21(17(16)2)26-24(32)27-22(31)15-34-25-29-28-23(20-12-13-33-18(20)3)30(25)14-19-9-5-4-6-10-19/h4-13H,14-15H2,1-3H3,(H2,26,27,31,32). The summed E-state index contributed by atoms with van der Waals surface area (Å²) in [6.07, 6.45) is 1.61. The first-order valence-corrected chi connectivity index (χ1v) is 11.7. The van der Waals surface area contributed by atoms with E-state index < -0.39 is 11.9 Å². The Bertz CT molecular complexity index is 1310. The first-order chi connectivity index (χ1) is 16.4. The maximum atomic E-state index is 12.5. The van der Waals surface area contributed by atoms with Crippen LogP contribution in [0.5, 0.6) is 0 Å². The number of nitrogens with one attached hydrogen (secondary N) is 2. The van der Waals surface area contributed by atoms with E-state index in [0.717, 1.165) is 28.0 Å². The zero-order chi connectivity index (χ0) is 24.1. The van der Waals surface area contributed by atoms with E-state index >= 15 is 0 Å². The van der Waals surface area contributed by atoms with Gasteiger partial charge in [0, 0.05) is 5.69 Å². The second-order valence-corrected chi connectivity index (χ2v) is 8.75. The van der Waals surface area contributed by atoms with Gasteiger partial charge in [-0.3, -0.25) is 14.7 Å². The minimum Gasteiger partial charge on any atom is -0.469 e. The number of benzene rings is 2. The molecule has 0 radical (unpaired) electrons. The predicted octanol–water partition coefficient (Wildman–Crippen LogP) is 4.95. The van der Waals surface area contributed by atoms with Crippen molar-refractivity contribution in [1.29, 1.82) is 0 Å². The summed E-state index contributed by atoms with van der Waals surface area (Å²) >= 11 is 1.22. The maximum absolute atomic E-state index is 12.5. The van der Waals surface area contributed by atoms with Crippen molar-refractivity contribution >= 4 is 29.4 Å². The monoisotopic (exact) mass is 475 g/mol. The highest BCUT2D eigenvalue weighted by Gasteiger charge is 2.19. The molecule has 2 heterocycles. The van der Waals surface area contributed by atoms with Crippen LogP contribution in [0.25, 0.3) is 11.4 Å². The van der Waals surface area contributed by atoms with Gasteiger partial charge in [0.1, 0.15) is 5.76 Å². The number of thioether (sulfide) groups is 1. The Morgan fingerprint density at radius 1 is 1.00 bits per heavy atom. The smallest absolute Gasteiger partial charge is 0.325 e. The van der Waals surface area contributed by atoms with Crippen LogP contribution < -0.4 is 10.6 Å². The number of anilines is 1. The summed E-state index contributed by atoms with van der Waals surface area (Å²) in [7, 11) is 0. The Morgan fingerprint density at radius 2 is 1.79 bits per heavy atom. The van der Waals surface area contributed by atoms with Crippen molar-refractivity contribution in [3.05, 3.63) is 83.3 Å². The van der Waals surface area contributed by atoms with Crippen LogP contribution in [0.1, 0.15) is 22.5 Å². The summed E-state index contributed by atoms with van der Waals surface area (Å²) in [5.41, 5.74) is 4.59. The molecule has 174 valence electrons. The fourth-order valence-electron chi connectivity index (χ4n) is 3.45. The molecule has 4 aromatic rings. The van der Waals surface area contributed by atoms with Gasteiger partial charge in [-0.2, -0.15) is 0 Å². The average Bonchev–Trinajstić information content (AvgIpc) is 3.41. The highest BCUT2D eigenvalue weighted by molar-refractivity contribution is 7.99. The lowest BCUT2D eigenvalue weighted by Crippen LogP contribution is -2.35. The predicted molar refractivity (Wildman–Crippen MR) is 132 cm³/mol. The summed E-state index contributed by atoms with van der Waals surface area (Å²) < 4.78 is 7.39. The highest BCUT2D eigenvalue weighted by Crippen LogP contribution is 2.28. The molecule has 0 saturated heterocycles. The third-order valence-corrected chi connectivity index (χ3v) is 6.40. The number of aryl methyl sites for hydroxylation is 2. The van der Waals surface area contributed by atoms with Gasteiger partial charge < -0.3 is 9.73 Å². The van der Waals surface area contributed by atoms with Crippen molar-refractivity contribution in [3.8, 4) is 11.4 Å². The van der Waals surface area contributed by atoms with E-state index in [1.165, 1.54) is 11.8 Å².